The summed E-state index contributed by atoms with van der Waals surface area (Å²) in [5.41, 5.74) is 0. The van der Waals surface area contributed by atoms with E-state index in [1.165, 1.54) is 49.9 Å². The molecule has 34 heavy (non-hydrogen) atoms. The summed E-state index contributed by atoms with van der Waals surface area (Å²) in [5.74, 6) is 0. The van der Waals surface area contributed by atoms with Crippen LogP contribution >= 0.6 is 11.3 Å². The second-order valence-electron chi connectivity index (χ2n) is 10.3. The zero-order chi connectivity index (χ0) is 24.1. The molecule has 0 spiro atoms. The van der Waals surface area contributed by atoms with Gasteiger partial charge in [-0.05, 0) is 39.5 Å². The SMILES string of the molecule is CC(C)S(=O)(=O)N1CCN(Cc2cnc(NC(=O)N(C3CCCCC3)C3CCCCC3)s2)CC1. The number of hydrogen-bond donors (Lipinski definition) is 1. The molecule has 1 saturated heterocycles. The summed E-state index contributed by atoms with van der Waals surface area (Å²) in [4.78, 5) is 23.4. The van der Waals surface area contributed by atoms with Crippen molar-refractivity contribution in [1.82, 2.24) is 19.1 Å². The van der Waals surface area contributed by atoms with Crippen molar-refractivity contribution in [1.29, 1.82) is 0 Å². The van der Waals surface area contributed by atoms with Crippen molar-refractivity contribution in [3.63, 3.8) is 0 Å². The van der Waals surface area contributed by atoms with Crippen molar-refractivity contribution < 1.29 is 13.2 Å². The molecule has 0 atom stereocenters. The topological polar surface area (TPSA) is 85.9 Å². The van der Waals surface area contributed by atoms with E-state index in [1.807, 2.05) is 6.20 Å². The monoisotopic (exact) mass is 511 g/mol. The van der Waals surface area contributed by atoms with E-state index in [4.69, 9.17) is 0 Å². The second kappa shape index (κ2) is 11.7. The Morgan fingerprint density at radius 1 is 1.03 bits per heavy atom. The number of piperazine rings is 1. The van der Waals surface area contributed by atoms with E-state index in [0.717, 1.165) is 37.1 Å². The Morgan fingerprint density at radius 3 is 2.12 bits per heavy atom. The predicted molar refractivity (Wildman–Crippen MR) is 138 cm³/mol. The number of sulfonamides is 1. The van der Waals surface area contributed by atoms with Crippen LogP contribution in [-0.2, 0) is 16.6 Å². The molecule has 1 N–H and O–H groups in total. The highest BCUT2D eigenvalue weighted by molar-refractivity contribution is 7.89. The minimum Gasteiger partial charge on any atom is -0.319 e. The Bertz CT molecular complexity index is 881. The van der Waals surface area contributed by atoms with Crippen LogP contribution in [0.1, 0.15) is 82.9 Å². The fourth-order valence-corrected chi connectivity index (χ4v) is 7.72. The standard InChI is InChI=1S/C24H41N5O3S2/c1-19(2)34(31,32)28-15-13-27(14-16-28)18-22-17-25-23(33-22)26-24(30)29(20-9-5-3-6-10-20)21-11-7-4-8-12-21/h17,19-21H,3-16,18H2,1-2H3,(H,25,26,30). The third-order valence-electron chi connectivity index (χ3n) is 7.60. The highest BCUT2D eigenvalue weighted by atomic mass is 32.2. The van der Waals surface area contributed by atoms with Crippen LogP contribution in [0.2, 0.25) is 0 Å². The van der Waals surface area contributed by atoms with E-state index in [9.17, 15) is 13.2 Å². The molecule has 3 fully saturated rings. The lowest BCUT2D eigenvalue weighted by Crippen LogP contribution is -2.50. The normalized spacial score (nSPS) is 22.2. The Morgan fingerprint density at radius 2 is 1.59 bits per heavy atom. The van der Waals surface area contributed by atoms with Gasteiger partial charge in [0.1, 0.15) is 0 Å². The quantitative estimate of drug-likeness (QED) is 0.583. The van der Waals surface area contributed by atoms with Gasteiger partial charge in [-0.15, -0.1) is 11.3 Å². The lowest BCUT2D eigenvalue weighted by atomic mass is 9.89. The predicted octanol–water partition coefficient (Wildman–Crippen LogP) is 4.50. The van der Waals surface area contributed by atoms with Crippen LogP contribution in [0.4, 0.5) is 9.93 Å². The molecule has 2 saturated carbocycles. The molecule has 0 unspecified atom stereocenters. The first kappa shape index (κ1) is 25.9. The van der Waals surface area contributed by atoms with Gasteiger partial charge < -0.3 is 4.90 Å². The number of nitrogens with zero attached hydrogens (tertiary/aromatic N) is 4. The molecule has 2 amide bonds. The van der Waals surface area contributed by atoms with Crippen molar-refractivity contribution in [2.75, 3.05) is 31.5 Å². The van der Waals surface area contributed by atoms with Crippen LogP contribution in [0.3, 0.4) is 0 Å². The van der Waals surface area contributed by atoms with Gasteiger partial charge in [-0.25, -0.2) is 18.2 Å². The lowest BCUT2D eigenvalue weighted by molar-refractivity contribution is 0.114. The van der Waals surface area contributed by atoms with Gasteiger partial charge in [0.25, 0.3) is 0 Å². The third-order valence-corrected chi connectivity index (χ3v) is 10.8. The first-order valence-corrected chi connectivity index (χ1v) is 15.4. The molecule has 3 aliphatic rings. The number of hydrogen-bond acceptors (Lipinski definition) is 6. The maximum absolute atomic E-state index is 13.4. The van der Waals surface area contributed by atoms with Gasteiger partial charge in [0.05, 0.1) is 5.25 Å². The highest BCUT2D eigenvalue weighted by Gasteiger charge is 2.33. The van der Waals surface area contributed by atoms with Gasteiger partial charge in [0, 0.05) is 55.9 Å². The number of anilines is 1. The summed E-state index contributed by atoms with van der Waals surface area (Å²) in [6.45, 7) is 6.68. The summed E-state index contributed by atoms with van der Waals surface area (Å²) < 4.78 is 26.4. The molecule has 8 nitrogen and oxygen atoms in total. The fraction of sp³-hybridized carbons (Fsp3) is 0.833. The van der Waals surface area contributed by atoms with Crippen molar-refractivity contribution in [2.24, 2.45) is 0 Å². The van der Waals surface area contributed by atoms with Crippen LogP contribution in [-0.4, -0.2) is 77.1 Å². The van der Waals surface area contributed by atoms with Crippen LogP contribution in [0.5, 0.6) is 0 Å². The zero-order valence-corrected chi connectivity index (χ0v) is 22.4. The summed E-state index contributed by atoms with van der Waals surface area (Å²) >= 11 is 1.53. The summed E-state index contributed by atoms with van der Waals surface area (Å²) in [6.07, 6.45) is 13.7. The first-order chi connectivity index (χ1) is 16.3. The van der Waals surface area contributed by atoms with Crippen molar-refractivity contribution in [3.05, 3.63) is 11.1 Å². The molecule has 2 heterocycles. The number of urea groups is 1. The smallest absolute Gasteiger partial charge is 0.319 e. The Kier molecular flexibility index (Phi) is 8.87. The largest absolute Gasteiger partial charge is 0.324 e. The molecule has 0 bridgehead atoms. The molecule has 1 aromatic heterocycles. The van der Waals surface area contributed by atoms with Gasteiger partial charge in [0.15, 0.2) is 5.13 Å². The lowest BCUT2D eigenvalue weighted by Gasteiger charge is -2.41. The number of amides is 2. The molecular formula is C24H41N5O3S2. The maximum Gasteiger partial charge on any atom is 0.324 e. The number of carbonyl (C=O) groups is 1. The number of nitrogens with one attached hydrogen (secondary N) is 1. The van der Waals surface area contributed by atoms with E-state index >= 15 is 0 Å². The van der Waals surface area contributed by atoms with E-state index in [0.29, 0.717) is 43.4 Å². The van der Waals surface area contributed by atoms with Gasteiger partial charge in [-0.1, -0.05) is 38.5 Å². The average Bonchev–Trinajstić information content (AvgIpc) is 3.27. The highest BCUT2D eigenvalue weighted by Crippen LogP contribution is 2.31. The van der Waals surface area contributed by atoms with E-state index in [1.54, 1.807) is 18.2 Å². The Balaban J connectivity index is 1.33. The number of thiazole rings is 1. The maximum atomic E-state index is 13.4. The van der Waals surface area contributed by atoms with E-state index in [2.05, 4.69) is 20.1 Å². The van der Waals surface area contributed by atoms with Crippen LogP contribution < -0.4 is 5.32 Å². The number of aromatic nitrogens is 1. The molecule has 192 valence electrons. The average molecular weight is 512 g/mol. The fourth-order valence-electron chi connectivity index (χ4n) is 5.60. The van der Waals surface area contributed by atoms with Crippen molar-refractivity contribution >= 4 is 32.5 Å². The Hall–Kier alpha value is -1.23. The zero-order valence-electron chi connectivity index (χ0n) is 20.7. The summed E-state index contributed by atoms with van der Waals surface area (Å²) in [6, 6.07) is 0.733. The summed E-state index contributed by atoms with van der Waals surface area (Å²) in [7, 11) is -3.19. The van der Waals surface area contributed by atoms with Crippen molar-refractivity contribution in [2.45, 2.75) is 102 Å². The Labute approximate surface area is 209 Å². The third kappa shape index (κ3) is 6.30. The van der Waals surface area contributed by atoms with Gasteiger partial charge in [-0.2, -0.15) is 4.31 Å². The summed E-state index contributed by atoms with van der Waals surface area (Å²) in [5, 5.41) is 3.41. The molecule has 4 rings (SSSR count). The molecule has 10 heteroatoms. The minimum atomic E-state index is -3.19. The number of carbonyl (C=O) groups excluding carboxylic acids is 1. The first-order valence-electron chi connectivity index (χ1n) is 13.1. The molecule has 1 aromatic rings. The minimum absolute atomic E-state index is 0.0206. The van der Waals surface area contributed by atoms with Crippen LogP contribution in [0.15, 0.2) is 6.20 Å². The molecular weight excluding hydrogens is 470 g/mol. The molecule has 0 radical (unpaired) electrons. The number of rotatable bonds is 7. The second-order valence-corrected chi connectivity index (χ2v) is 13.9. The van der Waals surface area contributed by atoms with Gasteiger partial charge in [-0.3, -0.25) is 10.2 Å². The van der Waals surface area contributed by atoms with Gasteiger partial charge >= 0.3 is 6.03 Å². The molecule has 0 aromatic carbocycles. The van der Waals surface area contributed by atoms with Crippen molar-refractivity contribution in [3.8, 4) is 0 Å². The van der Waals surface area contributed by atoms with E-state index in [-0.39, 0.29) is 11.3 Å². The van der Waals surface area contributed by atoms with Crippen LogP contribution in [0, 0.1) is 0 Å². The molecule has 1 aliphatic heterocycles. The van der Waals surface area contributed by atoms with Crippen LogP contribution in [0.25, 0.3) is 0 Å². The van der Waals surface area contributed by atoms with E-state index < -0.39 is 10.0 Å². The molecule has 2 aliphatic carbocycles. The van der Waals surface area contributed by atoms with Gasteiger partial charge in [0.2, 0.25) is 10.0 Å².